The van der Waals surface area contributed by atoms with Crippen LogP contribution in [-0.4, -0.2) is 19.0 Å². The van der Waals surface area contributed by atoms with Crippen molar-refractivity contribution < 1.29 is 14.3 Å². The minimum absolute atomic E-state index is 0.0196. The van der Waals surface area contributed by atoms with E-state index in [0.29, 0.717) is 6.42 Å². The van der Waals surface area contributed by atoms with E-state index in [1.54, 1.807) is 14.0 Å². The minimum atomic E-state index is -0.0196. The first-order valence-corrected chi connectivity index (χ1v) is 5.02. The van der Waals surface area contributed by atoms with E-state index in [1.165, 1.54) is 0 Å². The molecular formula is C12H14O3. The summed E-state index contributed by atoms with van der Waals surface area (Å²) in [7, 11) is 1.65. The van der Waals surface area contributed by atoms with Gasteiger partial charge in [0.1, 0.15) is 23.4 Å². The number of carbonyl (C=O) groups excluding carboxylic acids is 1. The number of hydrogen-bond donors (Lipinski definition) is 0. The molecule has 0 fully saturated rings. The minimum Gasteiger partial charge on any atom is -0.496 e. The average molecular weight is 206 g/mol. The zero-order chi connectivity index (χ0) is 10.8. The molecular weight excluding hydrogens is 192 g/mol. The summed E-state index contributed by atoms with van der Waals surface area (Å²) in [5.74, 6) is 1.85. The lowest BCUT2D eigenvalue weighted by molar-refractivity contribution is -0.118. The van der Waals surface area contributed by atoms with Crippen LogP contribution in [0.2, 0.25) is 0 Å². The van der Waals surface area contributed by atoms with Crippen LogP contribution in [0.4, 0.5) is 0 Å². The molecule has 0 spiro atoms. The van der Waals surface area contributed by atoms with Crippen molar-refractivity contribution in [1.29, 1.82) is 0 Å². The standard InChI is InChI=1S/C12H14O3/c1-8(13)6-9-7-10-11(14-2)4-3-5-12(10)15-9/h3-5,9H,6-7H2,1-2H3. The summed E-state index contributed by atoms with van der Waals surface area (Å²) in [6.45, 7) is 1.59. The number of hydrogen-bond acceptors (Lipinski definition) is 3. The molecule has 0 bridgehead atoms. The molecule has 80 valence electrons. The summed E-state index contributed by atoms with van der Waals surface area (Å²) in [5, 5.41) is 0. The van der Waals surface area contributed by atoms with Crippen molar-refractivity contribution in [3.63, 3.8) is 0 Å². The predicted molar refractivity (Wildman–Crippen MR) is 56.4 cm³/mol. The van der Waals surface area contributed by atoms with E-state index in [0.717, 1.165) is 23.5 Å². The highest BCUT2D eigenvalue weighted by molar-refractivity contribution is 5.76. The summed E-state index contributed by atoms with van der Waals surface area (Å²) in [6.07, 6.45) is 1.21. The van der Waals surface area contributed by atoms with Crippen LogP contribution in [0, 0.1) is 0 Å². The van der Waals surface area contributed by atoms with E-state index < -0.39 is 0 Å². The third-order valence-corrected chi connectivity index (χ3v) is 2.55. The van der Waals surface area contributed by atoms with E-state index in [1.807, 2.05) is 18.2 Å². The predicted octanol–water partition coefficient (Wildman–Crippen LogP) is 1.98. The van der Waals surface area contributed by atoms with Crippen LogP contribution < -0.4 is 9.47 Å². The molecule has 0 radical (unpaired) electrons. The molecule has 15 heavy (non-hydrogen) atoms. The summed E-state index contributed by atoms with van der Waals surface area (Å²) >= 11 is 0. The molecule has 1 aromatic carbocycles. The Kier molecular flexibility index (Phi) is 2.62. The summed E-state index contributed by atoms with van der Waals surface area (Å²) in [6, 6.07) is 5.73. The van der Waals surface area contributed by atoms with Gasteiger partial charge in [0.25, 0.3) is 0 Å². The number of benzene rings is 1. The molecule has 1 unspecified atom stereocenters. The highest BCUT2D eigenvalue weighted by Gasteiger charge is 2.26. The van der Waals surface area contributed by atoms with Gasteiger partial charge in [0.15, 0.2) is 0 Å². The lowest BCUT2D eigenvalue weighted by Gasteiger charge is -2.06. The third-order valence-electron chi connectivity index (χ3n) is 2.55. The number of Topliss-reactive ketones (excluding diaryl/α,β-unsaturated/α-hetero) is 1. The zero-order valence-electron chi connectivity index (χ0n) is 8.95. The van der Waals surface area contributed by atoms with Crippen molar-refractivity contribution in [2.45, 2.75) is 25.9 Å². The summed E-state index contributed by atoms with van der Waals surface area (Å²) in [4.78, 5) is 11.0. The fourth-order valence-corrected chi connectivity index (χ4v) is 1.93. The van der Waals surface area contributed by atoms with Gasteiger partial charge < -0.3 is 9.47 Å². The van der Waals surface area contributed by atoms with Gasteiger partial charge in [0.2, 0.25) is 0 Å². The van der Waals surface area contributed by atoms with Gasteiger partial charge in [-0.05, 0) is 19.1 Å². The smallest absolute Gasteiger partial charge is 0.133 e. The number of rotatable bonds is 3. The number of ether oxygens (including phenoxy) is 2. The average Bonchev–Trinajstić information content (AvgIpc) is 2.58. The second-order valence-electron chi connectivity index (χ2n) is 3.79. The normalized spacial score (nSPS) is 18.1. The molecule has 3 nitrogen and oxygen atoms in total. The van der Waals surface area contributed by atoms with Crippen LogP contribution in [0.25, 0.3) is 0 Å². The van der Waals surface area contributed by atoms with E-state index in [9.17, 15) is 4.79 Å². The maximum absolute atomic E-state index is 11.0. The van der Waals surface area contributed by atoms with Crippen molar-refractivity contribution in [2.24, 2.45) is 0 Å². The van der Waals surface area contributed by atoms with Crippen LogP contribution in [0.5, 0.6) is 11.5 Å². The van der Waals surface area contributed by atoms with Gasteiger partial charge in [-0.2, -0.15) is 0 Å². The van der Waals surface area contributed by atoms with E-state index in [-0.39, 0.29) is 11.9 Å². The quantitative estimate of drug-likeness (QED) is 0.758. The first-order chi connectivity index (χ1) is 7.20. The molecule has 0 saturated heterocycles. The SMILES string of the molecule is COc1cccc2c1CC(CC(C)=O)O2. The lowest BCUT2D eigenvalue weighted by Crippen LogP contribution is -2.16. The zero-order valence-corrected chi connectivity index (χ0v) is 8.95. The van der Waals surface area contributed by atoms with Gasteiger partial charge >= 0.3 is 0 Å². The van der Waals surface area contributed by atoms with Crippen molar-refractivity contribution in [1.82, 2.24) is 0 Å². The van der Waals surface area contributed by atoms with Crippen LogP contribution in [0.1, 0.15) is 18.9 Å². The molecule has 0 saturated carbocycles. The molecule has 1 aromatic rings. The first-order valence-electron chi connectivity index (χ1n) is 5.02. The fourth-order valence-electron chi connectivity index (χ4n) is 1.93. The number of ketones is 1. The molecule has 0 aliphatic carbocycles. The Labute approximate surface area is 89.0 Å². The van der Waals surface area contributed by atoms with E-state index in [2.05, 4.69) is 0 Å². The second kappa shape index (κ2) is 3.93. The first kappa shape index (κ1) is 10.0. The summed E-state index contributed by atoms with van der Waals surface area (Å²) < 4.78 is 10.9. The molecule has 0 N–H and O–H groups in total. The van der Waals surface area contributed by atoms with Crippen molar-refractivity contribution in [3.05, 3.63) is 23.8 Å². The fraction of sp³-hybridized carbons (Fsp3) is 0.417. The molecule has 2 rings (SSSR count). The van der Waals surface area contributed by atoms with Crippen LogP contribution in [-0.2, 0) is 11.2 Å². The second-order valence-corrected chi connectivity index (χ2v) is 3.79. The van der Waals surface area contributed by atoms with Gasteiger partial charge in [-0.15, -0.1) is 0 Å². The monoisotopic (exact) mass is 206 g/mol. The molecule has 0 aromatic heterocycles. The Balaban J connectivity index is 2.19. The van der Waals surface area contributed by atoms with E-state index >= 15 is 0 Å². The van der Waals surface area contributed by atoms with Gasteiger partial charge in [-0.3, -0.25) is 4.79 Å². The van der Waals surface area contributed by atoms with Gasteiger partial charge in [-0.25, -0.2) is 0 Å². The van der Waals surface area contributed by atoms with Crippen molar-refractivity contribution in [2.75, 3.05) is 7.11 Å². The molecule has 1 aliphatic heterocycles. The summed E-state index contributed by atoms with van der Waals surface area (Å²) in [5.41, 5.74) is 1.08. The van der Waals surface area contributed by atoms with Gasteiger partial charge in [0.05, 0.1) is 7.11 Å². The number of fused-ring (bicyclic) bond motifs is 1. The molecule has 1 aliphatic rings. The third kappa shape index (κ3) is 1.96. The Hall–Kier alpha value is -1.51. The number of methoxy groups -OCH3 is 1. The van der Waals surface area contributed by atoms with Gasteiger partial charge in [0, 0.05) is 18.4 Å². The van der Waals surface area contributed by atoms with Crippen LogP contribution >= 0.6 is 0 Å². The molecule has 3 heteroatoms. The Morgan fingerprint density at radius 2 is 2.40 bits per heavy atom. The molecule has 1 atom stereocenters. The van der Waals surface area contributed by atoms with Crippen LogP contribution in [0.15, 0.2) is 18.2 Å². The Morgan fingerprint density at radius 1 is 1.60 bits per heavy atom. The Morgan fingerprint density at radius 3 is 3.07 bits per heavy atom. The molecule has 0 amide bonds. The maximum atomic E-state index is 11.0. The largest absolute Gasteiger partial charge is 0.496 e. The number of carbonyl (C=O) groups is 1. The van der Waals surface area contributed by atoms with Crippen molar-refractivity contribution >= 4 is 5.78 Å². The van der Waals surface area contributed by atoms with Crippen molar-refractivity contribution in [3.8, 4) is 11.5 Å². The van der Waals surface area contributed by atoms with Gasteiger partial charge in [-0.1, -0.05) is 6.07 Å². The highest BCUT2D eigenvalue weighted by atomic mass is 16.5. The highest BCUT2D eigenvalue weighted by Crippen LogP contribution is 2.36. The topological polar surface area (TPSA) is 35.5 Å². The Bertz CT molecular complexity index is 384. The molecule has 1 heterocycles. The lowest BCUT2D eigenvalue weighted by atomic mass is 10.1. The van der Waals surface area contributed by atoms with Crippen LogP contribution in [0.3, 0.4) is 0 Å². The van der Waals surface area contributed by atoms with E-state index in [4.69, 9.17) is 9.47 Å². The maximum Gasteiger partial charge on any atom is 0.133 e.